The first kappa shape index (κ1) is 17.7. The molecule has 0 aliphatic rings. The number of amides is 1. The van der Waals surface area contributed by atoms with Crippen LogP contribution in [0.1, 0.15) is 29.5 Å². The second kappa shape index (κ2) is 8.29. The number of hydrogen-bond donors (Lipinski definition) is 1. The summed E-state index contributed by atoms with van der Waals surface area (Å²) in [6.07, 6.45) is 1.76. The number of carbonyl (C=O) groups excluding carboxylic acids is 1. The Bertz CT molecular complexity index is 855. The van der Waals surface area contributed by atoms with Crippen molar-refractivity contribution >= 4 is 11.9 Å². The van der Waals surface area contributed by atoms with Gasteiger partial charge >= 0.3 is 6.01 Å². The first-order valence-electron chi connectivity index (χ1n) is 8.49. The van der Waals surface area contributed by atoms with E-state index in [4.69, 9.17) is 9.15 Å². The minimum atomic E-state index is -0.210. The van der Waals surface area contributed by atoms with Crippen LogP contribution in [0.15, 0.2) is 52.9 Å². The van der Waals surface area contributed by atoms with Gasteiger partial charge < -0.3 is 9.15 Å². The second-order valence-corrected chi connectivity index (χ2v) is 5.92. The summed E-state index contributed by atoms with van der Waals surface area (Å²) in [6.45, 7) is 2.12. The topological polar surface area (TPSA) is 77.2 Å². The molecule has 1 N–H and O–H groups in total. The molecular weight excluding hydrogens is 330 g/mol. The number of aryl methyl sites for hydroxylation is 1. The van der Waals surface area contributed by atoms with Crippen molar-refractivity contribution in [3.63, 3.8) is 0 Å². The zero-order valence-corrected chi connectivity index (χ0v) is 14.9. The lowest BCUT2D eigenvalue weighted by Crippen LogP contribution is -2.14. The monoisotopic (exact) mass is 351 g/mol. The second-order valence-electron chi connectivity index (χ2n) is 5.92. The third-order valence-corrected chi connectivity index (χ3v) is 4.02. The number of ether oxygens (including phenoxy) is 1. The molecule has 1 heterocycles. The van der Waals surface area contributed by atoms with Crippen molar-refractivity contribution in [1.29, 1.82) is 0 Å². The number of benzene rings is 2. The molecule has 0 saturated heterocycles. The van der Waals surface area contributed by atoms with Crippen molar-refractivity contribution in [3.8, 4) is 5.75 Å². The van der Waals surface area contributed by atoms with Crippen molar-refractivity contribution < 1.29 is 13.9 Å². The van der Waals surface area contributed by atoms with Crippen molar-refractivity contribution in [2.24, 2.45) is 0 Å². The van der Waals surface area contributed by atoms with Crippen LogP contribution in [0.25, 0.3) is 0 Å². The Morgan fingerprint density at radius 3 is 2.31 bits per heavy atom. The van der Waals surface area contributed by atoms with E-state index in [1.807, 2.05) is 36.4 Å². The number of methoxy groups -OCH3 is 1. The van der Waals surface area contributed by atoms with Gasteiger partial charge in [0, 0.05) is 0 Å². The Labute approximate surface area is 152 Å². The van der Waals surface area contributed by atoms with Gasteiger partial charge in [0.25, 0.3) is 0 Å². The van der Waals surface area contributed by atoms with Gasteiger partial charge in [-0.2, -0.15) is 0 Å². The van der Waals surface area contributed by atoms with Crippen LogP contribution < -0.4 is 10.1 Å². The van der Waals surface area contributed by atoms with E-state index < -0.39 is 0 Å². The molecule has 3 rings (SSSR count). The highest BCUT2D eigenvalue weighted by atomic mass is 16.5. The van der Waals surface area contributed by atoms with Crippen LogP contribution in [0.5, 0.6) is 5.75 Å². The maximum Gasteiger partial charge on any atom is 0.322 e. The largest absolute Gasteiger partial charge is 0.497 e. The minimum absolute atomic E-state index is 0.115. The molecule has 0 fully saturated rings. The number of nitrogens with zero attached hydrogens (tertiary/aromatic N) is 2. The molecule has 1 amide bonds. The van der Waals surface area contributed by atoms with E-state index in [9.17, 15) is 4.79 Å². The summed E-state index contributed by atoms with van der Waals surface area (Å²) in [5.74, 6) is 1.01. The fourth-order valence-electron chi connectivity index (χ4n) is 2.54. The summed E-state index contributed by atoms with van der Waals surface area (Å²) < 4.78 is 10.6. The first-order valence-corrected chi connectivity index (χ1v) is 8.49. The predicted octanol–water partition coefficient (Wildman–Crippen LogP) is 3.41. The van der Waals surface area contributed by atoms with Crippen LogP contribution in [0.2, 0.25) is 0 Å². The zero-order valence-electron chi connectivity index (χ0n) is 14.9. The Morgan fingerprint density at radius 2 is 1.65 bits per heavy atom. The van der Waals surface area contributed by atoms with Crippen LogP contribution in [-0.4, -0.2) is 23.2 Å². The highest BCUT2D eigenvalue weighted by molar-refractivity contribution is 5.90. The van der Waals surface area contributed by atoms with E-state index in [-0.39, 0.29) is 18.3 Å². The molecule has 6 heteroatoms. The Morgan fingerprint density at radius 1 is 1.00 bits per heavy atom. The molecule has 3 aromatic rings. The van der Waals surface area contributed by atoms with Gasteiger partial charge in [0.15, 0.2) is 0 Å². The van der Waals surface area contributed by atoms with Gasteiger partial charge in [-0.15, -0.1) is 5.10 Å². The van der Waals surface area contributed by atoms with E-state index in [2.05, 4.69) is 34.6 Å². The molecule has 26 heavy (non-hydrogen) atoms. The van der Waals surface area contributed by atoms with Crippen molar-refractivity contribution in [2.45, 2.75) is 26.2 Å². The van der Waals surface area contributed by atoms with Crippen LogP contribution in [-0.2, 0) is 24.1 Å². The molecule has 2 aromatic carbocycles. The summed E-state index contributed by atoms with van der Waals surface area (Å²) >= 11 is 0. The van der Waals surface area contributed by atoms with E-state index in [1.54, 1.807) is 7.11 Å². The number of anilines is 1. The number of hydrogen-bond acceptors (Lipinski definition) is 5. The van der Waals surface area contributed by atoms with Gasteiger partial charge in [0.05, 0.1) is 20.0 Å². The van der Waals surface area contributed by atoms with E-state index in [0.29, 0.717) is 12.3 Å². The Kier molecular flexibility index (Phi) is 5.63. The highest BCUT2D eigenvalue weighted by Gasteiger charge is 2.11. The van der Waals surface area contributed by atoms with Gasteiger partial charge in [-0.25, -0.2) is 0 Å². The normalized spacial score (nSPS) is 10.5. The van der Waals surface area contributed by atoms with Gasteiger partial charge in [-0.1, -0.05) is 48.4 Å². The molecule has 6 nitrogen and oxygen atoms in total. The maximum absolute atomic E-state index is 12.1. The van der Waals surface area contributed by atoms with Crippen LogP contribution in [0.3, 0.4) is 0 Å². The molecule has 1 aromatic heterocycles. The van der Waals surface area contributed by atoms with Crippen molar-refractivity contribution in [2.75, 3.05) is 12.4 Å². The first-order chi connectivity index (χ1) is 12.7. The molecule has 0 radical (unpaired) electrons. The average molecular weight is 351 g/mol. The molecule has 0 unspecified atom stereocenters. The standard InChI is InChI=1S/C20H21N3O3/c1-3-14-4-6-16(7-5-14)13-19-22-23-20(26-19)21-18(24)12-15-8-10-17(25-2)11-9-15/h4-11H,3,12-13H2,1-2H3,(H,21,23,24). The lowest BCUT2D eigenvalue weighted by molar-refractivity contribution is -0.115. The van der Waals surface area contributed by atoms with Crippen LogP contribution in [0, 0.1) is 0 Å². The van der Waals surface area contributed by atoms with E-state index in [0.717, 1.165) is 23.3 Å². The van der Waals surface area contributed by atoms with Crippen molar-refractivity contribution in [1.82, 2.24) is 10.2 Å². The molecule has 0 aliphatic heterocycles. The highest BCUT2D eigenvalue weighted by Crippen LogP contribution is 2.14. The number of nitrogens with one attached hydrogen (secondary N) is 1. The molecule has 0 aliphatic carbocycles. The number of carbonyl (C=O) groups is 1. The van der Waals surface area contributed by atoms with Gasteiger partial charge in [0.1, 0.15) is 5.75 Å². The molecule has 0 spiro atoms. The van der Waals surface area contributed by atoms with Crippen LogP contribution >= 0.6 is 0 Å². The number of aromatic nitrogens is 2. The molecule has 0 saturated carbocycles. The molecule has 0 bridgehead atoms. The third-order valence-electron chi connectivity index (χ3n) is 4.02. The molecule has 0 atom stereocenters. The number of rotatable bonds is 7. The maximum atomic E-state index is 12.1. The Balaban J connectivity index is 1.55. The lowest BCUT2D eigenvalue weighted by atomic mass is 10.1. The third kappa shape index (κ3) is 4.69. The lowest BCUT2D eigenvalue weighted by Gasteiger charge is -2.03. The van der Waals surface area contributed by atoms with E-state index >= 15 is 0 Å². The summed E-state index contributed by atoms with van der Waals surface area (Å²) in [7, 11) is 1.60. The SMILES string of the molecule is CCc1ccc(Cc2nnc(NC(=O)Cc3ccc(OC)cc3)o2)cc1. The molecular formula is C20H21N3O3. The smallest absolute Gasteiger partial charge is 0.322 e. The minimum Gasteiger partial charge on any atom is -0.497 e. The fraction of sp³-hybridized carbons (Fsp3) is 0.250. The zero-order chi connectivity index (χ0) is 18.4. The average Bonchev–Trinajstić information content (AvgIpc) is 3.09. The van der Waals surface area contributed by atoms with E-state index in [1.165, 1.54) is 5.56 Å². The summed E-state index contributed by atoms with van der Waals surface area (Å²) in [5.41, 5.74) is 3.24. The van der Waals surface area contributed by atoms with Gasteiger partial charge in [-0.3, -0.25) is 10.1 Å². The quantitative estimate of drug-likeness (QED) is 0.706. The summed E-state index contributed by atoms with van der Waals surface area (Å²) in [6, 6.07) is 15.7. The van der Waals surface area contributed by atoms with Gasteiger partial charge in [0.2, 0.25) is 11.8 Å². The van der Waals surface area contributed by atoms with Gasteiger partial charge in [-0.05, 0) is 35.2 Å². The van der Waals surface area contributed by atoms with Crippen molar-refractivity contribution in [3.05, 3.63) is 71.1 Å². The molecule has 134 valence electrons. The Hall–Kier alpha value is -3.15. The fourth-order valence-corrected chi connectivity index (χ4v) is 2.54. The summed E-state index contributed by atoms with van der Waals surface area (Å²) in [5, 5.41) is 10.5. The predicted molar refractivity (Wildman–Crippen MR) is 98.3 cm³/mol. The van der Waals surface area contributed by atoms with Crippen LogP contribution in [0.4, 0.5) is 6.01 Å². The summed E-state index contributed by atoms with van der Waals surface area (Å²) in [4.78, 5) is 12.1.